The Morgan fingerprint density at radius 3 is 3.00 bits per heavy atom. The van der Waals surface area contributed by atoms with Crippen LogP contribution in [0.15, 0.2) is 11.8 Å². The summed E-state index contributed by atoms with van der Waals surface area (Å²) in [5, 5.41) is 5.44. The van der Waals surface area contributed by atoms with Crippen molar-refractivity contribution in [2.24, 2.45) is 11.8 Å². The van der Waals surface area contributed by atoms with Gasteiger partial charge < -0.3 is 11.1 Å². The maximum Gasteiger partial charge on any atom is 0.198 e. The lowest BCUT2D eigenvalue weighted by atomic mass is 9.85. The van der Waals surface area contributed by atoms with Gasteiger partial charge in [-0.25, -0.2) is 0 Å². The zero-order chi connectivity index (χ0) is 13.6. The van der Waals surface area contributed by atoms with Gasteiger partial charge in [0.05, 0.1) is 11.8 Å². The van der Waals surface area contributed by atoms with Crippen LogP contribution in [0.25, 0.3) is 17.3 Å². The summed E-state index contributed by atoms with van der Waals surface area (Å²) < 4.78 is 0. The Morgan fingerprint density at radius 1 is 1.30 bits per heavy atom. The Bertz CT molecular complexity index is 813. The molecule has 5 rings (SSSR count). The highest BCUT2D eigenvalue weighted by Crippen LogP contribution is 2.51. The Balaban J connectivity index is 1.88. The van der Waals surface area contributed by atoms with Gasteiger partial charge in [-0.2, -0.15) is 0 Å². The average molecular weight is 266 g/mol. The first-order valence-electron chi connectivity index (χ1n) is 8.00. The SMILES string of the molecule is CC1C=c2c3c(cc4c2=C([NH3+])C2=C4CCC[NH2+]2)C3C1C. The molecule has 3 unspecified atom stereocenters. The molecule has 1 aromatic rings. The van der Waals surface area contributed by atoms with Crippen LogP contribution in [0.5, 0.6) is 0 Å². The summed E-state index contributed by atoms with van der Waals surface area (Å²) in [7, 11) is 0. The van der Waals surface area contributed by atoms with Gasteiger partial charge in [-0.15, -0.1) is 0 Å². The minimum absolute atomic E-state index is 0.686. The average Bonchev–Trinajstić information content (AvgIpc) is 3.11. The quantitative estimate of drug-likeness (QED) is 0.644. The molecule has 2 nitrogen and oxygen atoms in total. The molecule has 0 fully saturated rings. The summed E-state index contributed by atoms with van der Waals surface area (Å²) in [5.74, 6) is 2.21. The fourth-order valence-corrected chi connectivity index (χ4v) is 4.76. The smallest absolute Gasteiger partial charge is 0.198 e. The van der Waals surface area contributed by atoms with Gasteiger partial charge in [-0.05, 0) is 46.2 Å². The van der Waals surface area contributed by atoms with Crippen LogP contribution >= 0.6 is 0 Å². The first-order valence-corrected chi connectivity index (χ1v) is 8.00. The van der Waals surface area contributed by atoms with Crippen LogP contribution in [-0.4, -0.2) is 6.54 Å². The number of fused-ring (bicyclic) bond motifs is 4. The number of hydrogen-bond donors (Lipinski definition) is 2. The molecular formula is C18H22N2+2. The number of hydrogen-bond acceptors (Lipinski definition) is 0. The van der Waals surface area contributed by atoms with Crippen LogP contribution in [0.4, 0.5) is 0 Å². The second-order valence-electron chi connectivity index (χ2n) is 7.05. The fourth-order valence-electron chi connectivity index (χ4n) is 4.76. The van der Waals surface area contributed by atoms with Crippen LogP contribution in [0.2, 0.25) is 0 Å². The molecule has 2 heteroatoms. The molecule has 0 saturated heterocycles. The zero-order valence-corrected chi connectivity index (χ0v) is 12.3. The van der Waals surface area contributed by atoms with Crippen molar-refractivity contribution in [3.63, 3.8) is 0 Å². The van der Waals surface area contributed by atoms with E-state index < -0.39 is 0 Å². The van der Waals surface area contributed by atoms with Gasteiger partial charge in [-0.1, -0.05) is 19.9 Å². The van der Waals surface area contributed by atoms with Gasteiger partial charge >= 0.3 is 0 Å². The van der Waals surface area contributed by atoms with E-state index >= 15 is 0 Å². The molecular weight excluding hydrogens is 244 g/mol. The molecule has 102 valence electrons. The Hall–Kier alpha value is -1.38. The van der Waals surface area contributed by atoms with Crippen LogP contribution in [-0.2, 0) is 0 Å². The largest absolute Gasteiger partial charge is 0.320 e. The van der Waals surface area contributed by atoms with E-state index in [1.165, 1.54) is 41.6 Å². The van der Waals surface area contributed by atoms with E-state index in [2.05, 4.69) is 37.0 Å². The van der Waals surface area contributed by atoms with E-state index in [0.29, 0.717) is 5.92 Å². The lowest BCUT2D eigenvalue weighted by Gasteiger charge is -2.18. The summed E-state index contributed by atoms with van der Waals surface area (Å²) in [6, 6.07) is 2.51. The monoisotopic (exact) mass is 266 g/mol. The second-order valence-corrected chi connectivity index (χ2v) is 7.05. The van der Waals surface area contributed by atoms with Gasteiger partial charge in [0, 0.05) is 17.9 Å². The summed E-state index contributed by atoms with van der Waals surface area (Å²) in [5.41, 5.74) is 13.6. The van der Waals surface area contributed by atoms with Crippen LogP contribution in [0, 0.1) is 11.8 Å². The minimum Gasteiger partial charge on any atom is -0.320 e. The third-order valence-corrected chi connectivity index (χ3v) is 6.04. The van der Waals surface area contributed by atoms with Crippen LogP contribution in [0.3, 0.4) is 0 Å². The molecule has 0 spiro atoms. The van der Waals surface area contributed by atoms with Crippen molar-refractivity contribution in [2.45, 2.75) is 32.6 Å². The molecule has 0 aromatic heterocycles. The Kier molecular flexibility index (Phi) is 1.94. The summed E-state index contributed by atoms with van der Waals surface area (Å²) >= 11 is 0. The lowest BCUT2D eigenvalue weighted by Crippen LogP contribution is -2.85. The molecule has 0 saturated carbocycles. The van der Waals surface area contributed by atoms with E-state index in [1.807, 2.05) is 0 Å². The number of benzene rings is 1. The van der Waals surface area contributed by atoms with Gasteiger partial charge in [0.25, 0.3) is 0 Å². The molecule has 3 aliphatic carbocycles. The highest BCUT2D eigenvalue weighted by Gasteiger charge is 2.45. The van der Waals surface area contributed by atoms with Crippen molar-refractivity contribution in [1.82, 2.24) is 0 Å². The number of nitrogens with two attached hydrogens (primary N) is 1. The molecule has 0 bridgehead atoms. The van der Waals surface area contributed by atoms with Crippen molar-refractivity contribution >= 4 is 17.3 Å². The lowest BCUT2D eigenvalue weighted by molar-refractivity contribution is -0.608. The minimum atomic E-state index is 0.686. The first kappa shape index (κ1) is 11.3. The fraction of sp³-hybridized carbons (Fsp3) is 0.444. The maximum atomic E-state index is 4.44. The van der Waals surface area contributed by atoms with E-state index in [0.717, 1.165) is 11.8 Å². The van der Waals surface area contributed by atoms with Crippen LogP contribution in [0.1, 0.15) is 49.3 Å². The Labute approximate surface area is 119 Å². The number of allylic oxidation sites excluding steroid dienone is 1. The third-order valence-electron chi connectivity index (χ3n) is 6.04. The second kappa shape index (κ2) is 3.44. The molecule has 3 atom stereocenters. The van der Waals surface area contributed by atoms with E-state index in [9.17, 15) is 0 Å². The molecule has 1 aliphatic heterocycles. The third kappa shape index (κ3) is 1.14. The van der Waals surface area contributed by atoms with Crippen molar-refractivity contribution in [1.29, 1.82) is 0 Å². The number of quaternary nitrogens is 2. The van der Waals surface area contributed by atoms with Crippen molar-refractivity contribution in [2.75, 3.05) is 6.54 Å². The van der Waals surface area contributed by atoms with Crippen LogP contribution < -0.4 is 21.5 Å². The predicted octanol–water partition coefficient (Wildman–Crippen LogP) is -0.370. The van der Waals surface area contributed by atoms with Gasteiger partial charge in [0.2, 0.25) is 0 Å². The highest BCUT2D eigenvalue weighted by molar-refractivity contribution is 5.86. The van der Waals surface area contributed by atoms with E-state index in [-0.39, 0.29) is 0 Å². The molecule has 5 N–H and O–H groups in total. The van der Waals surface area contributed by atoms with Crippen molar-refractivity contribution < 1.29 is 11.1 Å². The molecule has 0 amide bonds. The van der Waals surface area contributed by atoms with Gasteiger partial charge in [-0.3, -0.25) is 0 Å². The van der Waals surface area contributed by atoms with E-state index in [1.54, 1.807) is 21.9 Å². The van der Waals surface area contributed by atoms with Crippen molar-refractivity contribution in [3.05, 3.63) is 38.9 Å². The first-order chi connectivity index (χ1) is 9.68. The molecule has 20 heavy (non-hydrogen) atoms. The molecule has 0 radical (unpaired) electrons. The normalized spacial score (nSPS) is 32.5. The standard InChI is InChI=1S/C18H20N2/c1-8-6-12-15-13(14(15)9(8)2)7-11-10-4-3-5-20-18(10)17(19)16(11)12/h6-9,14,20H,3-5,19H2,1-2H3/p+2. The molecule has 1 aromatic carbocycles. The number of rotatable bonds is 0. The van der Waals surface area contributed by atoms with Gasteiger partial charge in [0.15, 0.2) is 11.4 Å². The predicted molar refractivity (Wildman–Crippen MR) is 79.6 cm³/mol. The molecule has 4 aliphatic rings. The Morgan fingerprint density at radius 2 is 2.15 bits per heavy atom. The van der Waals surface area contributed by atoms with Gasteiger partial charge in [0.1, 0.15) is 0 Å². The summed E-state index contributed by atoms with van der Waals surface area (Å²) in [6.07, 6.45) is 5.07. The zero-order valence-electron chi connectivity index (χ0n) is 12.3. The topological polar surface area (TPSA) is 44.2 Å². The summed E-state index contributed by atoms with van der Waals surface area (Å²) in [4.78, 5) is 0. The maximum absolute atomic E-state index is 4.44. The van der Waals surface area contributed by atoms with E-state index in [4.69, 9.17) is 0 Å². The highest BCUT2D eigenvalue weighted by atomic mass is 14.9. The van der Waals surface area contributed by atoms with Crippen molar-refractivity contribution in [3.8, 4) is 0 Å². The summed E-state index contributed by atoms with van der Waals surface area (Å²) in [6.45, 7) is 6.01. The molecule has 1 heterocycles.